The van der Waals surface area contributed by atoms with E-state index in [0.717, 1.165) is 5.56 Å². The quantitative estimate of drug-likeness (QED) is 0.859. The molecule has 2 aromatic rings. The fraction of sp³-hybridized carbons (Fsp3) is 0.300. The van der Waals surface area contributed by atoms with Gasteiger partial charge in [0.25, 0.3) is 5.91 Å². The predicted molar refractivity (Wildman–Crippen MR) is 101 cm³/mol. The fourth-order valence-electron chi connectivity index (χ4n) is 2.44. The van der Waals surface area contributed by atoms with Crippen molar-refractivity contribution in [2.45, 2.75) is 38.6 Å². The number of halogens is 1. The Morgan fingerprint density at radius 2 is 1.60 bits per heavy atom. The number of carbonyl (C=O) groups excluding carboxylic acids is 2. The first-order valence-corrected chi connectivity index (χ1v) is 8.50. The number of nitrogens with two attached hydrogens (primary N) is 1. The van der Waals surface area contributed by atoms with Gasteiger partial charge in [-0.15, -0.1) is 0 Å². The number of amides is 2. The number of benzene rings is 2. The van der Waals surface area contributed by atoms with Crippen LogP contribution in [0.4, 0.5) is 0 Å². The number of hydrogen-bond acceptors (Lipinski definition) is 2. The summed E-state index contributed by atoms with van der Waals surface area (Å²) < 4.78 is 0. The van der Waals surface area contributed by atoms with Gasteiger partial charge >= 0.3 is 0 Å². The molecule has 0 aliphatic heterocycles. The van der Waals surface area contributed by atoms with Gasteiger partial charge < -0.3 is 11.1 Å². The Morgan fingerprint density at radius 1 is 1.04 bits per heavy atom. The van der Waals surface area contributed by atoms with Gasteiger partial charge in [-0.25, -0.2) is 0 Å². The Kier molecular flexibility index (Phi) is 5.85. The summed E-state index contributed by atoms with van der Waals surface area (Å²) in [7, 11) is 0. The van der Waals surface area contributed by atoms with Crippen LogP contribution in [0.3, 0.4) is 0 Å². The molecule has 0 radical (unpaired) electrons. The molecule has 132 valence electrons. The highest BCUT2D eigenvalue weighted by Gasteiger charge is 2.20. The molecule has 0 bridgehead atoms. The molecule has 5 heteroatoms. The fourth-order valence-corrected chi connectivity index (χ4v) is 2.57. The lowest BCUT2D eigenvalue weighted by Crippen LogP contribution is -2.45. The summed E-state index contributed by atoms with van der Waals surface area (Å²) in [5.41, 5.74) is 8.09. The number of nitrogens with one attached hydrogen (secondary N) is 1. The van der Waals surface area contributed by atoms with Gasteiger partial charge in [-0.05, 0) is 40.8 Å². The molecule has 0 heterocycles. The number of rotatable bonds is 5. The van der Waals surface area contributed by atoms with E-state index in [1.165, 1.54) is 5.56 Å². The number of carbonyl (C=O) groups is 2. The minimum absolute atomic E-state index is 0.0599. The second-order valence-corrected chi connectivity index (χ2v) is 7.52. The highest BCUT2D eigenvalue weighted by Crippen LogP contribution is 2.22. The third kappa shape index (κ3) is 5.33. The molecule has 0 saturated carbocycles. The minimum atomic E-state index is -0.774. The van der Waals surface area contributed by atoms with Crippen molar-refractivity contribution in [2.24, 2.45) is 5.73 Å². The van der Waals surface area contributed by atoms with E-state index in [-0.39, 0.29) is 11.3 Å². The zero-order valence-corrected chi connectivity index (χ0v) is 15.4. The number of primary amides is 1. The average Bonchev–Trinajstić information content (AvgIpc) is 2.54. The second kappa shape index (κ2) is 7.70. The zero-order chi connectivity index (χ0) is 18.6. The van der Waals surface area contributed by atoms with Crippen molar-refractivity contribution in [2.75, 3.05) is 0 Å². The lowest BCUT2D eigenvalue weighted by atomic mass is 9.86. The largest absolute Gasteiger partial charge is 0.368 e. The molecule has 2 amide bonds. The monoisotopic (exact) mass is 358 g/mol. The van der Waals surface area contributed by atoms with E-state index in [1.54, 1.807) is 24.3 Å². The normalized spacial score (nSPS) is 12.5. The summed E-state index contributed by atoms with van der Waals surface area (Å²) in [4.78, 5) is 24.0. The molecule has 0 saturated heterocycles. The van der Waals surface area contributed by atoms with Gasteiger partial charge in [0.15, 0.2) is 0 Å². The molecule has 25 heavy (non-hydrogen) atoms. The van der Waals surface area contributed by atoms with E-state index in [0.29, 0.717) is 17.0 Å². The molecular weight excluding hydrogens is 336 g/mol. The maximum absolute atomic E-state index is 12.3. The van der Waals surface area contributed by atoms with Gasteiger partial charge in [0, 0.05) is 17.0 Å². The van der Waals surface area contributed by atoms with Gasteiger partial charge in [-0.1, -0.05) is 56.6 Å². The van der Waals surface area contributed by atoms with Crippen LogP contribution in [0.2, 0.25) is 5.02 Å². The van der Waals surface area contributed by atoms with Crippen LogP contribution in [0.5, 0.6) is 0 Å². The van der Waals surface area contributed by atoms with Crippen molar-refractivity contribution >= 4 is 23.4 Å². The van der Waals surface area contributed by atoms with Crippen LogP contribution in [0.1, 0.15) is 42.3 Å². The third-order valence-electron chi connectivity index (χ3n) is 4.01. The maximum atomic E-state index is 12.3. The zero-order valence-electron chi connectivity index (χ0n) is 14.7. The molecule has 0 unspecified atom stereocenters. The molecule has 0 aliphatic carbocycles. The van der Waals surface area contributed by atoms with Gasteiger partial charge in [0.2, 0.25) is 5.91 Å². The van der Waals surface area contributed by atoms with Gasteiger partial charge in [-0.3, -0.25) is 9.59 Å². The van der Waals surface area contributed by atoms with E-state index in [4.69, 9.17) is 17.3 Å². The minimum Gasteiger partial charge on any atom is -0.368 e. The van der Waals surface area contributed by atoms with Crippen LogP contribution in [0.15, 0.2) is 48.5 Å². The molecule has 0 aromatic heterocycles. The maximum Gasteiger partial charge on any atom is 0.251 e. The van der Waals surface area contributed by atoms with E-state index < -0.39 is 11.9 Å². The summed E-state index contributed by atoms with van der Waals surface area (Å²) >= 11 is 5.82. The van der Waals surface area contributed by atoms with E-state index >= 15 is 0 Å². The molecule has 0 fully saturated rings. The van der Waals surface area contributed by atoms with Gasteiger partial charge in [0.05, 0.1) is 0 Å². The highest BCUT2D eigenvalue weighted by atomic mass is 35.5. The first-order chi connectivity index (χ1) is 11.7. The van der Waals surface area contributed by atoms with Gasteiger partial charge in [0.1, 0.15) is 6.04 Å². The van der Waals surface area contributed by atoms with Crippen molar-refractivity contribution in [3.8, 4) is 0 Å². The molecule has 3 N–H and O–H groups in total. The molecule has 2 aromatic carbocycles. The SMILES string of the molecule is CC(C)(C)c1ccc(C[C@H](NC(=O)c2ccc(Cl)cc2)C(N)=O)cc1. The second-order valence-electron chi connectivity index (χ2n) is 7.09. The van der Waals surface area contributed by atoms with Crippen molar-refractivity contribution in [1.82, 2.24) is 5.32 Å². The van der Waals surface area contributed by atoms with Crippen LogP contribution in [-0.4, -0.2) is 17.9 Å². The summed E-state index contributed by atoms with van der Waals surface area (Å²) in [6, 6.07) is 13.7. The van der Waals surface area contributed by atoms with Crippen LogP contribution in [0.25, 0.3) is 0 Å². The van der Waals surface area contributed by atoms with Crippen LogP contribution >= 0.6 is 11.6 Å². The van der Waals surface area contributed by atoms with Crippen molar-refractivity contribution in [3.05, 3.63) is 70.2 Å². The van der Waals surface area contributed by atoms with Crippen molar-refractivity contribution in [1.29, 1.82) is 0 Å². The highest BCUT2D eigenvalue weighted by molar-refractivity contribution is 6.30. The summed E-state index contributed by atoms with van der Waals surface area (Å²) in [5.74, 6) is -0.922. The van der Waals surface area contributed by atoms with E-state index in [1.807, 2.05) is 24.3 Å². The van der Waals surface area contributed by atoms with E-state index in [9.17, 15) is 9.59 Å². The topological polar surface area (TPSA) is 72.2 Å². The summed E-state index contributed by atoms with van der Waals surface area (Å²) in [6.45, 7) is 6.42. The molecule has 0 aliphatic rings. The Labute approximate surface area is 153 Å². The van der Waals surface area contributed by atoms with Gasteiger partial charge in [-0.2, -0.15) is 0 Å². The average molecular weight is 359 g/mol. The summed E-state index contributed by atoms with van der Waals surface area (Å²) in [6.07, 6.45) is 0.346. The molecule has 0 spiro atoms. The molecule has 4 nitrogen and oxygen atoms in total. The third-order valence-corrected chi connectivity index (χ3v) is 4.27. The predicted octanol–water partition coefficient (Wildman–Crippen LogP) is 3.46. The number of hydrogen-bond donors (Lipinski definition) is 2. The first-order valence-electron chi connectivity index (χ1n) is 8.12. The van der Waals surface area contributed by atoms with Crippen LogP contribution in [-0.2, 0) is 16.6 Å². The van der Waals surface area contributed by atoms with Crippen molar-refractivity contribution in [3.63, 3.8) is 0 Å². The molecule has 1 atom stereocenters. The summed E-state index contributed by atoms with van der Waals surface area (Å²) in [5, 5.41) is 3.23. The van der Waals surface area contributed by atoms with Crippen molar-refractivity contribution < 1.29 is 9.59 Å². The molecular formula is C20H23ClN2O2. The lowest BCUT2D eigenvalue weighted by molar-refractivity contribution is -0.119. The molecule has 2 rings (SSSR count). The van der Waals surface area contributed by atoms with Crippen LogP contribution < -0.4 is 11.1 Å². The Bertz CT molecular complexity index is 747. The Balaban J connectivity index is 2.09. The standard InChI is InChI=1S/C20H23ClN2O2/c1-20(2,3)15-8-4-13(5-9-15)12-17(18(22)24)23-19(25)14-6-10-16(21)11-7-14/h4-11,17H,12H2,1-3H3,(H2,22,24)(H,23,25)/t17-/m0/s1. The Morgan fingerprint density at radius 3 is 2.08 bits per heavy atom. The first kappa shape index (κ1) is 19.0. The van der Waals surface area contributed by atoms with Crippen LogP contribution in [0, 0.1) is 0 Å². The Hall–Kier alpha value is -2.33. The smallest absolute Gasteiger partial charge is 0.251 e. The van der Waals surface area contributed by atoms with E-state index in [2.05, 4.69) is 26.1 Å². The lowest BCUT2D eigenvalue weighted by Gasteiger charge is -2.20.